The molecule has 0 unspecified atom stereocenters. The molecule has 2 saturated heterocycles. The molecule has 1 aromatic carbocycles. The highest BCUT2D eigenvalue weighted by molar-refractivity contribution is 5.21. The average Bonchev–Trinajstić information content (AvgIpc) is 3.17. The lowest BCUT2D eigenvalue weighted by Gasteiger charge is -2.50. The summed E-state index contributed by atoms with van der Waals surface area (Å²) in [5.41, 5.74) is 1.93. The number of likely N-dealkylation sites (N-methyl/N-ethyl adjacent to an activating group) is 1. The molecule has 152 valence electrons. The normalized spacial score (nSPS) is 23.3. The molecule has 0 aliphatic carbocycles. The number of rotatable bonds is 6. The van der Waals surface area contributed by atoms with Crippen LogP contribution < -0.4 is 0 Å². The summed E-state index contributed by atoms with van der Waals surface area (Å²) in [6.45, 7) is 9.22. The summed E-state index contributed by atoms with van der Waals surface area (Å²) in [5, 5.41) is 4.09. The van der Waals surface area contributed by atoms with Crippen molar-refractivity contribution in [2.75, 3.05) is 39.8 Å². The van der Waals surface area contributed by atoms with Crippen molar-refractivity contribution in [1.82, 2.24) is 19.9 Å². The molecule has 6 heteroatoms. The summed E-state index contributed by atoms with van der Waals surface area (Å²) >= 11 is 0. The zero-order valence-electron chi connectivity index (χ0n) is 17.1. The van der Waals surface area contributed by atoms with E-state index in [2.05, 4.69) is 57.2 Å². The van der Waals surface area contributed by atoms with Crippen LogP contribution in [0.15, 0.2) is 34.9 Å². The Morgan fingerprint density at radius 2 is 1.96 bits per heavy atom. The van der Waals surface area contributed by atoms with Crippen LogP contribution >= 0.6 is 0 Å². The van der Waals surface area contributed by atoms with Gasteiger partial charge in [0.1, 0.15) is 6.61 Å². The molecule has 0 N–H and O–H groups in total. The topological polar surface area (TPSA) is 54.6 Å². The molecule has 0 radical (unpaired) electrons. The van der Waals surface area contributed by atoms with Gasteiger partial charge in [0.05, 0.1) is 6.54 Å². The summed E-state index contributed by atoms with van der Waals surface area (Å²) in [7, 11) is 1.64. The van der Waals surface area contributed by atoms with Crippen LogP contribution in [0, 0.1) is 5.41 Å². The van der Waals surface area contributed by atoms with Gasteiger partial charge < -0.3 is 14.2 Å². The smallest absolute Gasteiger partial charge is 0.252 e. The minimum atomic E-state index is 0.379. The van der Waals surface area contributed by atoms with Crippen molar-refractivity contribution in [2.45, 2.75) is 45.3 Å². The molecule has 2 aliphatic rings. The van der Waals surface area contributed by atoms with Gasteiger partial charge in [-0.05, 0) is 55.8 Å². The Balaban J connectivity index is 1.38. The van der Waals surface area contributed by atoms with Gasteiger partial charge in [0, 0.05) is 20.2 Å². The van der Waals surface area contributed by atoms with Gasteiger partial charge >= 0.3 is 0 Å². The number of ether oxygens (including phenoxy) is 1. The Bertz CT molecular complexity index is 740. The van der Waals surface area contributed by atoms with Gasteiger partial charge in [-0.3, -0.25) is 4.90 Å². The minimum Gasteiger partial charge on any atom is -0.375 e. The molecule has 2 aliphatic heterocycles. The van der Waals surface area contributed by atoms with Gasteiger partial charge in [0.15, 0.2) is 5.82 Å². The van der Waals surface area contributed by atoms with Crippen LogP contribution in [0.5, 0.6) is 0 Å². The summed E-state index contributed by atoms with van der Waals surface area (Å²) in [5.74, 6) is 1.97. The maximum atomic E-state index is 5.23. The average molecular weight is 385 g/mol. The predicted molar refractivity (Wildman–Crippen MR) is 108 cm³/mol. The number of likely N-dealkylation sites (tertiary alicyclic amines) is 2. The van der Waals surface area contributed by atoms with E-state index >= 15 is 0 Å². The second kappa shape index (κ2) is 8.72. The Morgan fingerprint density at radius 1 is 1.18 bits per heavy atom. The first-order valence-corrected chi connectivity index (χ1v) is 10.5. The number of hydrogen-bond donors (Lipinski definition) is 0. The van der Waals surface area contributed by atoms with E-state index in [0.717, 1.165) is 32.0 Å². The quantitative estimate of drug-likeness (QED) is 0.762. The number of piperidine rings is 2. The number of hydrogen-bond acceptors (Lipinski definition) is 6. The molecule has 0 bridgehead atoms. The molecule has 3 heterocycles. The molecule has 1 atom stereocenters. The van der Waals surface area contributed by atoms with Gasteiger partial charge in [-0.15, -0.1) is 0 Å². The highest BCUT2D eigenvalue weighted by atomic mass is 16.5. The summed E-state index contributed by atoms with van der Waals surface area (Å²) in [6.07, 6.45) is 3.80. The second-order valence-electron chi connectivity index (χ2n) is 8.45. The zero-order chi connectivity index (χ0) is 19.4. The second-order valence-corrected chi connectivity index (χ2v) is 8.45. The molecular formula is C22H32N4O2. The molecule has 28 heavy (non-hydrogen) atoms. The highest BCUT2D eigenvalue weighted by Crippen LogP contribution is 2.45. The van der Waals surface area contributed by atoms with E-state index in [1.807, 2.05) is 0 Å². The molecule has 0 saturated carbocycles. The van der Waals surface area contributed by atoms with E-state index in [1.165, 1.54) is 37.9 Å². The molecule has 2 aromatic rings. The third-order valence-corrected chi connectivity index (χ3v) is 6.49. The van der Waals surface area contributed by atoms with Gasteiger partial charge in [0.25, 0.3) is 5.89 Å². The Hall–Kier alpha value is -1.76. The van der Waals surface area contributed by atoms with Gasteiger partial charge in [-0.2, -0.15) is 4.98 Å². The SMILES string of the molecule is CCN1C[C@H](c2ccccc2)CC2(CCN(Cc3noc(COC)n3)CC2)C1. The first-order chi connectivity index (χ1) is 13.7. The van der Waals surface area contributed by atoms with E-state index < -0.39 is 0 Å². The first-order valence-electron chi connectivity index (χ1n) is 10.5. The van der Waals surface area contributed by atoms with E-state index in [9.17, 15) is 0 Å². The third kappa shape index (κ3) is 4.45. The lowest BCUT2D eigenvalue weighted by Crippen LogP contribution is -2.51. The lowest BCUT2D eigenvalue weighted by atomic mass is 9.68. The molecule has 0 amide bonds. The maximum absolute atomic E-state index is 5.23. The van der Waals surface area contributed by atoms with E-state index in [4.69, 9.17) is 9.26 Å². The lowest BCUT2D eigenvalue weighted by molar-refractivity contribution is 0.0130. The Morgan fingerprint density at radius 3 is 2.68 bits per heavy atom. The van der Waals surface area contributed by atoms with Crippen molar-refractivity contribution in [3.63, 3.8) is 0 Å². The van der Waals surface area contributed by atoms with Crippen LogP contribution in [0.2, 0.25) is 0 Å². The maximum Gasteiger partial charge on any atom is 0.252 e. The fourth-order valence-electron chi connectivity index (χ4n) is 4.98. The van der Waals surface area contributed by atoms with Gasteiger partial charge in [-0.25, -0.2) is 0 Å². The fourth-order valence-corrected chi connectivity index (χ4v) is 4.98. The number of benzene rings is 1. The highest BCUT2D eigenvalue weighted by Gasteiger charge is 2.41. The van der Waals surface area contributed by atoms with Gasteiger partial charge in [-0.1, -0.05) is 42.4 Å². The summed E-state index contributed by atoms with van der Waals surface area (Å²) in [4.78, 5) is 9.55. The Kier molecular flexibility index (Phi) is 6.09. The standard InChI is InChI=1S/C22H32N4O2/c1-3-25-14-19(18-7-5-4-6-8-18)13-22(17-25)9-11-26(12-10-22)15-20-23-21(16-27-2)28-24-20/h4-8,19H,3,9-17H2,1-2H3/t19-/m1/s1. The molecule has 1 spiro atoms. The number of methoxy groups -OCH3 is 1. The third-order valence-electron chi connectivity index (χ3n) is 6.49. The molecule has 2 fully saturated rings. The number of nitrogens with zero attached hydrogens (tertiary/aromatic N) is 4. The van der Waals surface area contributed by atoms with E-state index in [0.29, 0.717) is 23.8 Å². The van der Waals surface area contributed by atoms with Crippen LogP contribution in [0.1, 0.15) is 49.4 Å². The van der Waals surface area contributed by atoms with Crippen molar-refractivity contribution >= 4 is 0 Å². The summed E-state index contributed by atoms with van der Waals surface area (Å²) in [6, 6.07) is 11.1. The van der Waals surface area contributed by atoms with Crippen LogP contribution in [0.25, 0.3) is 0 Å². The molecule has 4 rings (SSSR count). The van der Waals surface area contributed by atoms with Gasteiger partial charge in [0.2, 0.25) is 0 Å². The monoisotopic (exact) mass is 384 g/mol. The summed E-state index contributed by atoms with van der Waals surface area (Å²) < 4.78 is 10.3. The minimum absolute atomic E-state index is 0.379. The largest absolute Gasteiger partial charge is 0.375 e. The fraction of sp³-hybridized carbons (Fsp3) is 0.636. The first kappa shape index (κ1) is 19.6. The van der Waals surface area contributed by atoms with Crippen molar-refractivity contribution in [3.05, 3.63) is 47.6 Å². The molecule has 1 aromatic heterocycles. The van der Waals surface area contributed by atoms with Crippen LogP contribution in [0.4, 0.5) is 0 Å². The van der Waals surface area contributed by atoms with Crippen molar-refractivity contribution in [1.29, 1.82) is 0 Å². The number of aromatic nitrogens is 2. The molecule has 6 nitrogen and oxygen atoms in total. The zero-order valence-corrected chi connectivity index (χ0v) is 17.1. The van der Waals surface area contributed by atoms with Crippen molar-refractivity contribution in [3.8, 4) is 0 Å². The van der Waals surface area contributed by atoms with Crippen LogP contribution in [-0.4, -0.2) is 59.8 Å². The Labute approximate surface area is 167 Å². The van der Waals surface area contributed by atoms with Crippen LogP contribution in [0.3, 0.4) is 0 Å². The molecular weight excluding hydrogens is 352 g/mol. The van der Waals surface area contributed by atoms with E-state index in [1.54, 1.807) is 7.11 Å². The predicted octanol–water partition coefficient (Wildman–Crippen LogP) is 3.31. The van der Waals surface area contributed by atoms with Crippen molar-refractivity contribution in [2.24, 2.45) is 5.41 Å². The van der Waals surface area contributed by atoms with E-state index in [-0.39, 0.29) is 0 Å². The van der Waals surface area contributed by atoms with Crippen molar-refractivity contribution < 1.29 is 9.26 Å². The van der Waals surface area contributed by atoms with Crippen LogP contribution in [-0.2, 0) is 17.9 Å².